The Morgan fingerprint density at radius 1 is 0.483 bits per heavy atom. The number of benzene rings is 8. The lowest BCUT2D eigenvalue weighted by Gasteiger charge is -2.40. The van der Waals surface area contributed by atoms with Crippen molar-refractivity contribution in [2.45, 2.75) is 21.4 Å². The monoisotopic (exact) mass is 758 g/mol. The van der Waals surface area contributed by atoms with E-state index in [1.165, 1.54) is 43.2 Å². The van der Waals surface area contributed by atoms with Crippen molar-refractivity contribution in [2.24, 2.45) is 9.98 Å². The Morgan fingerprint density at radius 2 is 1.03 bits per heavy atom. The van der Waals surface area contributed by atoms with Crippen molar-refractivity contribution in [3.05, 3.63) is 239 Å². The summed E-state index contributed by atoms with van der Waals surface area (Å²) in [7, 11) is 0. The molecule has 0 fully saturated rings. The minimum atomic E-state index is -0.493. The van der Waals surface area contributed by atoms with Gasteiger partial charge in [-0.05, 0) is 91.5 Å². The molecule has 4 nitrogen and oxygen atoms in total. The fourth-order valence-electron chi connectivity index (χ4n) is 9.03. The van der Waals surface area contributed by atoms with Gasteiger partial charge in [-0.3, -0.25) is 0 Å². The second-order valence-corrected chi connectivity index (χ2v) is 15.9. The minimum Gasteiger partial charge on any atom is -0.344 e. The highest BCUT2D eigenvalue weighted by Gasteiger charge is 2.50. The molecule has 2 heterocycles. The summed E-state index contributed by atoms with van der Waals surface area (Å²) in [6.45, 7) is 0. The highest BCUT2D eigenvalue weighted by Crippen LogP contribution is 2.63. The van der Waals surface area contributed by atoms with Crippen LogP contribution in [0.25, 0.3) is 33.4 Å². The van der Waals surface area contributed by atoms with Gasteiger partial charge in [0.15, 0.2) is 5.84 Å². The topological polar surface area (TPSA) is 60.5 Å². The van der Waals surface area contributed by atoms with E-state index in [9.17, 15) is 5.26 Å². The second kappa shape index (κ2) is 13.7. The molecule has 0 amide bonds. The van der Waals surface area contributed by atoms with E-state index in [0.717, 1.165) is 44.8 Å². The molecule has 1 unspecified atom stereocenters. The molecule has 2 aliphatic heterocycles. The third-order valence-corrected chi connectivity index (χ3v) is 12.8. The molecular weight excluding hydrogens is 725 g/mol. The van der Waals surface area contributed by atoms with Crippen LogP contribution in [0.2, 0.25) is 0 Å². The Bertz CT molecular complexity index is 2950. The standard InChI is InChI=1S/C53H34N4S/c54-33-34-23-25-35(26-24-34)42-31-47-49(58-48-22-12-11-21-46(48)53(47)44-19-9-7-17-40(44)41-18-8-10-20-45(41)53)32-43(42)36-27-29-39(30-28-36)52-56-50(37-13-3-1-4-14-37)55-51(57-52)38-15-5-2-6-16-38/h1-32,52H,(H,55,56,57). The van der Waals surface area contributed by atoms with E-state index in [1.807, 2.05) is 60.3 Å². The largest absolute Gasteiger partial charge is 0.344 e. The van der Waals surface area contributed by atoms with Crippen molar-refractivity contribution < 1.29 is 0 Å². The summed E-state index contributed by atoms with van der Waals surface area (Å²) < 4.78 is 0. The van der Waals surface area contributed by atoms with E-state index in [-0.39, 0.29) is 6.17 Å². The Balaban J connectivity index is 1.08. The normalized spacial score (nSPS) is 15.5. The summed E-state index contributed by atoms with van der Waals surface area (Å²) in [6.07, 6.45) is -0.326. The molecule has 8 aromatic rings. The first kappa shape index (κ1) is 34.0. The van der Waals surface area contributed by atoms with Crippen LogP contribution in [0.15, 0.2) is 214 Å². The summed E-state index contributed by atoms with van der Waals surface area (Å²) in [5, 5.41) is 13.3. The molecule has 1 aliphatic carbocycles. The van der Waals surface area contributed by atoms with Gasteiger partial charge in [-0.25, -0.2) is 9.98 Å². The van der Waals surface area contributed by atoms with Gasteiger partial charge in [-0.1, -0.05) is 176 Å². The number of amidine groups is 2. The molecule has 0 radical (unpaired) electrons. The van der Waals surface area contributed by atoms with Crippen molar-refractivity contribution in [1.82, 2.24) is 5.32 Å². The van der Waals surface area contributed by atoms with Crippen molar-refractivity contribution in [3.63, 3.8) is 0 Å². The molecule has 3 aliphatic rings. The summed E-state index contributed by atoms with van der Waals surface area (Å²) >= 11 is 1.85. The molecule has 11 rings (SSSR count). The first-order chi connectivity index (χ1) is 28.7. The number of aliphatic imine (C=N–C) groups is 2. The molecule has 272 valence electrons. The second-order valence-electron chi connectivity index (χ2n) is 14.8. The molecule has 1 spiro atoms. The molecule has 0 saturated heterocycles. The van der Waals surface area contributed by atoms with Gasteiger partial charge < -0.3 is 5.32 Å². The summed E-state index contributed by atoms with van der Waals surface area (Å²) in [6, 6.07) is 71.1. The van der Waals surface area contributed by atoms with Crippen LogP contribution < -0.4 is 5.32 Å². The molecule has 8 aromatic carbocycles. The van der Waals surface area contributed by atoms with E-state index in [0.29, 0.717) is 11.4 Å². The van der Waals surface area contributed by atoms with E-state index in [1.54, 1.807) is 0 Å². The van der Waals surface area contributed by atoms with Gasteiger partial charge in [0.05, 0.1) is 17.0 Å². The number of fused-ring (bicyclic) bond motifs is 9. The van der Waals surface area contributed by atoms with E-state index in [4.69, 9.17) is 9.98 Å². The fourth-order valence-corrected chi connectivity index (χ4v) is 10.2. The predicted octanol–water partition coefficient (Wildman–Crippen LogP) is 12.2. The Morgan fingerprint density at radius 3 is 1.69 bits per heavy atom. The maximum Gasteiger partial charge on any atom is 0.159 e. The molecule has 0 saturated carbocycles. The quantitative estimate of drug-likeness (QED) is 0.190. The molecule has 5 heteroatoms. The molecule has 58 heavy (non-hydrogen) atoms. The molecule has 1 atom stereocenters. The summed E-state index contributed by atoms with van der Waals surface area (Å²) in [5.74, 6) is 1.49. The highest BCUT2D eigenvalue weighted by molar-refractivity contribution is 7.99. The van der Waals surface area contributed by atoms with Crippen LogP contribution in [0.1, 0.15) is 50.7 Å². The third-order valence-electron chi connectivity index (χ3n) is 11.7. The lowest BCUT2D eigenvalue weighted by atomic mass is 9.66. The number of nitrogens with one attached hydrogen (secondary N) is 1. The predicted molar refractivity (Wildman–Crippen MR) is 235 cm³/mol. The van der Waals surface area contributed by atoms with Gasteiger partial charge in [0.25, 0.3) is 0 Å². The zero-order chi connectivity index (χ0) is 38.6. The summed E-state index contributed by atoms with van der Waals surface area (Å²) in [4.78, 5) is 12.6. The third kappa shape index (κ3) is 5.38. The van der Waals surface area contributed by atoms with Crippen LogP contribution in [-0.4, -0.2) is 11.7 Å². The maximum absolute atomic E-state index is 9.73. The van der Waals surface area contributed by atoms with Gasteiger partial charge in [0.1, 0.15) is 12.0 Å². The van der Waals surface area contributed by atoms with Crippen molar-refractivity contribution in [1.29, 1.82) is 5.26 Å². The molecular formula is C53H34N4S. The lowest BCUT2D eigenvalue weighted by Crippen LogP contribution is -2.33. The molecule has 1 N–H and O–H groups in total. The average Bonchev–Trinajstić information content (AvgIpc) is 3.60. The van der Waals surface area contributed by atoms with Crippen LogP contribution in [0, 0.1) is 11.3 Å². The maximum atomic E-state index is 9.73. The Labute approximate surface area is 341 Å². The number of hydrogen-bond acceptors (Lipinski definition) is 5. The van der Waals surface area contributed by atoms with E-state index in [2.05, 4.69) is 157 Å². The van der Waals surface area contributed by atoms with Crippen LogP contribution in [0.5, 0.6) is 0 Å². The number of hydrogen-bond donors (Lipinski definition) is 1. The molecule has 0 bridgehead atoms. The van der Waals surface area contributed by atoms with Crippen LogP contribution >= 0.6 is 11.8 Å². The number of nitriles is 1. The van der Waals surface area contributed by atoms with Crippen molar-refractivity contribution in [3.8, 4) is 39.4 Å². The average molecular weight is 759 g/mol. The van der Waals surface area contributed by atoms with Crippen LogP contribution in [-0.2, 0) is 5.41 Å². The highest BCUT2D eigenvalue weighted by atomic mass is 32.2. The number of rotatable bonds is 5. The zero-order valence-corrected chi connectivity index (χ0v) is 32.1. The SMILES string of the molecule is N#Cc1ccc(-c2cc3c(cc2-c2ccc(C4N=C(c5ccccc5)N=C(c5ccccc5)N4)cc2)Sc2ccccc2C32c3ccccc3-c3ccccc32)cc1. The van der Waals surface area contributed by atoms with Crippen LogP contribution in [0.4, 0.5) is 0 Å². The number of nitrogens with zero attached hydrogens (tertiary/aromatic N) is 3. The van der Waals surface area contributed by atoms with Gasteiger partial charge in [0, 0.05) is 20.9 Å². The van der Waals surface area contributed by atoms with Gasteiger partial charge in [-0.15, -0.1) is 0 Å². The van der Waals surface area contributed by atoms with Crippen molar-refractivity contribution in [2.75, 3.05) is 0 Å². The van der Waals surface area contributed by atoms with Crippen molar-refractivity contribution >= 4 is 23.4 Å². The first-order valence-corrected chi connectivity index (χ1v) is 20.3. The van der Waals surface area contributed by atoms with Crippen LogP contribution in [0.3, 0.4) is 0 Å². The lowest BCUT2D eigenvalue weighted by molar-refractivity contribution is 0.674. The fraction of sp³-hybridized carbons (Fsp3) is 0.0377. The molecule has 0 aromatic heterocycles. The first-order valence-electron chi connectivity index (χ1n) is 19.5. The van der Waals surface area contributed by atoms with E-state index >= 15 is 0 Å². The summed E-state index contributed by atoms with van der Waals surface area (Å²) in [5.41, 5.74) is 15.3. The van der Waals surface area contributed by atoms with Gasteiger partial charge in [0.2, 0.25) is 0 Å². The smallest absolute Gasteiger partial charge is 0.159 e. The minimum absolute atomic E-state index is 0.326. The zero-order valence-electron chi connectivity index (χ0n) is 31.3. The van der Waals surface area contributed by atoms with Gasteiger partial charge in [-0.2, -0.15) is 5.26 Å². The Kier molecular flexibility index (Phi) is 8.06. The van der Waals surface area contributed by atoms with Gasteiger partial charge >= 0.3 is 0 Å². The van der Waals surface area contributed by atoms with E-state index < -0.39 is 5.41 Å². The Hall–Kier alpha value is -7.26.